The van der Waals surface area contributed by atoms with E-state index >= 15 is 0 Å². The van der Waals surface area contributed by atoms with Gasteiger partial charge in [0.2, 0.25) is 0 Å². The van der Waals surface area contributed by atoms with Gasteiger partial charge in [-0.05, 0) is 0 Å². The third-order valence-electron chi connectivity index (χ3n) is 1.75. The number of amidine groups is 1. The van der Waals surface area contributed by atoms with Crippen LogP contribution in [0.2, 0.25) is 0 Å². The first-order valence-electron chi connectivity index (χ1n) is 4.22. The fourth-order valence-corrected chi connectivity index (χ4v) is 1.98. The normalized spacial score (nSPS) is 21.7. The molecule has 1 aromatic heterocycles. The van der Waals surface area contributed by atoms with Crippen LogP contribution in [0.4, 0.5) is 5.82 Å². The van der Waals surface area contributed by atoms with E-state index in [1.165, 1.54) is 0 Å². The second kappa shape index (κ2) is 3.41. The highest BCUT2D eigenvalue weighted by Gasteiger charge is 2.15. The highest BCUT2D eigenvalue weighted by molar-refractivity contribution is 8.15. The molecule has 0 saturated heterocycles. The zero-order valence-corrected chi connectivity index (χ0v) is 8.51. The topological polar surface area (TPSA) is 42.2 Å². The number of rotatable bonds is 1. The van der Waals surface area contributed by atoms with Gasteiger partial charge in [0, 0.05) is 24.6 Å². The molecule has 0 fully saturated rings. The molecule has 4 nitrogen and oxygen atoms in total. The maximum absolute atomic E-state index is 4.34. The Morgan fingerprint density at radius 2 is 2.54 bits per heavy atom. The van der Waals surface area contributed by atoms with E-state index in [-0.39, 0.29) is 0 Å². The lowest BCUT2D eigenvalue weighted by Gasteiger charge is -2.01. The van der Waals surface area contributed by atoms with Gasteiger partial charge in [-0.1, -0.05) is 18.7 Å². The third-order valence-corrected chi connectivity index (χ3v) is 2.76. The Balaban J connectivity index is 1.99. The summed E-state index contributed by atoms with van der Waals surface area (Å²) in [5.74, 6) is 0.864. The quantitative estimate of drug-likeness (QED) is 0.736. The number of aliphatic imine (C=N–C) groups is 1. The van der Waals surface area contributed by atoms with Gasteiger partial charge < -0.3 is 5.32 Å². The van der Waals surface area contributed by atoms with Crippen LogP contribution in [0, 0.1) is 0 Å². The number of hydrogen-bond acceptors (Lipinski definition) is 4. The molecule has 1 atom stereocenters. The second-order valence-corrected chi connectivity index (χ2v) is 4.50. The molecule has 13 heavy (non-hydrogen) atoms. The van der Waals surface area contributed by atoms with Crippen molar-refractivity contribution in [1.82, 2.24) is 9.78 Å². The smallest absolute Gasteiger partial charge is 0.162 e. The summed E-state index contributed by atoms with van der Waals surface area (Å²) in [4.78, 5) is 4.34. The van der Waals surface area contributed by atoms with E-state index in [0.29, 0.717) is 5.25 Å². The van der Waals surface area contributed by atoms with Crippen LogP contribution in [0.25, 0.3) is 0 Å². The Morgan fingerprint density at radius 3 is 3.08 bits per heavy atom. The zero-order valence-electron chi connectivity index (χ0n) is 7.69. The molecule has 2 rings (SSSR count). The van der Waals surface area contributed by atoms with Crippen molar-refractivity contribution >= 4 is 22.7 Å². The lowest BCUT2D eigenvalue weighted by atomic mass is 10.5. The largest absolute Gasteiger partial charge is 0.318 e. The number of nitrogens with one attached hydrogen (secondary N) is 1. The van der Waals surface area contributed by atoms with E-state index in [1.54, 1.807) is 16.4 Å². The molecule has 2 heterocycles. The molecule has 0 spiro atoms. The van der Waals surface area contributed by atoms with Crippen LogP contribution in [0.3, 0.4) is 0 Å². The standard InChI is InChI=1S/C8H12N4S/c1-6-5-9-8(13-6)10-7-3-4-12(2)11-7/h3-4,6H,5H2,1-2H3,(H,9,10,11). The Kier molecular flexibility index (Phi) is 2.26. The molecule has 70 valence electrons. The molecule has 0 saturated carbocycles. The summed E-state index contributed by atoms with van der Waals surface area (Å²) in [5, 5.41) is 8.95. The number of aryl methyl sites for hydroxylation is 1. The predicted octanol–water partition coefficient (Wildman–Crippen LogP) is 1.32. The molecule has 1 aliphatic heterocycles. The average molecular weight is 196 g/mol. The molecule has 5 heteroatoms. The van der Waals surface area contributed by atoms with E-state index in [1.807, 2.05) is 19.3 Å². The van der Waals surface area contributed by atoms with E-state index < -0.39 is 0 Å². The van der Waals surface area contributed by atoms with Crippen LogP contribution in [-0.4, -0.2) is 26.7 Å². The Labute approximate surface area is 81.4 Å². The van der Waals surface area contributed by atoms with Crippen molar-refractivity contribution in [3.05, 3.63) is 12.3 Å². The van der Waals surface area contributed by atoms with Gasteiger partial charge >= 0.3 is 0 Å². The minimum Gasteiger partial charge on any atom is -0.318 e. The van der Waals surface area contributed by atoms with Crippen LogP contribution in [0.1, 0.15) is 6.92 Å². The highest BCUT2D eigenvalue weighted by Crippen LogP contribution is 2.20. The fourth-order valence-electron chi connectivity index (χ4n) is 1.14. The van der Waals surface area contributed by atoms with Gasteiger partial charge in [-0.2, -0.15) is 5.10 Å². The molecule has 1 N–H and O–H groups in total. The van der Waals surface area contributed by atoms with Crippen molar-refractivity contribution in [2.24, 2.45) is 12.0 Å². The molecule has 1 unspecified atom stereocenters. The van der Waals surface area contributed by atoms with Crippen LogP contribution in [0.5, 0.6) is 0 Å². The monoisotopic (exact) mass is 196 g/mol. The van der Waals surface area contributed by atoms with Gasteiger partial charge in [-0.3, -0.25) is 9.67 Å². The van der Waals surface area contributed by atoms with E-state index in [4.69, 9.17) is 0 Å². The summed E-state index contributed by atoms with van der Waals surface area (Å²) in [5.41, 5.74) is 0. The van der Waals surface area contributed by atoms with Crippen LogP contribution in [-0.2, 0) is 7.05 Å². The van der Waals surface area contributed by atoms with E-state index in [9.17, 15) is 0 Å². The maximum atomic E-state index is 4.34. The summed E-state index contributed by atoms with van der Waals surface area (Å²) >= 11 is 1.76. The second-order valence-electron chi connectivity index (χ2n) is 3.07. The molecule has 0 radical (unpaired) electrons. The first-order chi connectivity index (χ1) is 6.24. The number of anilines is 1. The zero-order chi connectivity index (χ0) is 9.26. The lowest BCUT2D eigenvalue weighted by Crippen LogP contribution is -2.06. The Hall–Kier alpha value is -0.970. The van der Waals surface area contributed by atoms with Gasteiger partial charge in [0.25, 0.3) is 0 Å². The molecule has 0 amide bonds. The van der Waals surface area contributed by atoms with Crippen molar-refractivity contribution < 1.29 is 0 Å². The fraction of sp³-hybridized carbons (Fsp3) is 0.500. The van der Waals surface area contributed by atoms with Crippen LogP contribution in [0.15, 0.2) is 17.3 Å². The molecule has 0 bridgehead atoms. The molecule has 1 aliphatic rings. The summed E-state index contributed by atoms with van der Waals surface area (Å²) in [7, 11) is 1.90. The summed E-state index contributed by atoms with van der Waals surface area (Å²) < 4.78 is 1.77. The van der Waals surface area contributed by atoms with Crippen molar-refractivity contribution in [2.75, 3.05) is 11.9 Å². The number of thioether (sulfide) groups is 1. The number of hydrogen-bond donors (Lipinski definition) is 1. The van der Waals surface area contributed by atoms with Crippen molar-refractivity contribution in [3.63, 3.8) is 0 Å². The molecule has 1 aromatic rings. The highest BCUT2D eigenvalue weighted by atomic mass is 32.2. The first kappa shape index (κ1) is 8.62. The average Bonchev–Trinajstić information content (AvgIpc) is 2.62. The number of nitrogens with zero attached hydrogens (tertiary/aromatic N) is 3. The number of aromatic nitrogens is 2. The maximum Gasteiger partial charge on any atom is 0.162 e. The molecular formula is C8H12N4S. The van der Waals surface area contributed by atoms with Gasteiger partial charge in [0.15, 0.2) is 11.0 Å². The SMILES string of the molecule is CC1CN=C(Nc2ccn(C)n2)S1. The van der Waals surface area contributed by atoms with Crippen LogP contribution >= 0.6 is 11.8 Å². The van der Waals surface area contributed by atoms with Crippen molar-refractivity contribution in [2.45, 2.75) is 12.2 Å². The van der Waals surface area contributed by atoms with Gasteiger partial charge in [0.05, 0.1) is 6.54 Å². The van der Waals surface area contributed by atoms with Gasteiger partial charge in [0.1, 0.15) is 0 Å². The summed E-state index contributed by atoms with van der Waals surface area (Å²) in [6, 6.07) is 1.94. The van der Waals surface area contributed by atoms with Crippen LogP contribution < -0.4 is 5.32 Å². The van der Waals surface area contributed by atoms with Gasteiger partial charge in [-0.25, -0.2) is 0 Å². The molecular weight excluding hydrogens is 184 g/mol. The third kappa shape index (κ3) is 2.03. The molecule has 0 aromatic carbocycles. The van der Waals surface area contributed by atoms with Gasteiger partial charge in [-0.15, -0.1) is 0 Å². The lowest BCUT2D eigenvalue weighted by molar-refractivity contribution is 0.771. The minimum atomic E-state index is 0.589. The van der Waals surface area contributed by atoms with E-state index in [0.717, 1.165) is 17.5 Å². The first-order valence-corrected chi connectivity index (χ1v) is 5.10. The summed E-state index contributed by atoms with van der Waals surface area (Å²) in [6.07, 6.45) is 1.91. The Bertz CT molecular complexity index is 331. The van der Waals surface area contributed by atoms with E-state index in [2.05, 4.69) is 22.3 Å². The van der Waals surface area contributed by atoms with Crippen molar-refractivity contribution in [3.8, 4) is 0 Å². The Morgan fingerprint density at radius 1 is 1.69 bits per heavy atom. The van der Waals surface area contributed by atoms with Crippen molar-refractivity contribution in [1.29, 1.82) is 0 Å². The predicted molar refractivity (Wildman–Crippen MR) is 56.2 cm³/mol. The molecule has 0 aliphatic carbocycles. The summed E-state index contributed by atoms with van der Waals surface area (Å²) in [6.45, 7) is 3.07. The minimum absolute atomic E-state index is 0.589.